The lowest BCUT2D eigenvalue weighted by atomic mass is 10.2. The summed E-state index contributed by atoms with van der Waals surface area (Å²) in [6.07, 6.45) is 3.17. The van der Waals surface area contributed by atoms with Gasteiger partial charge < -0.3 is 14.5 Å². The molecule has 0 saturated heterocycles. The molecule has 21 heavy (non-hydrogen) atoms. The van der Waals surface area contributed by atoms with Crippen molar-refractivity contribution in [2.75, 3.05) is 13.2 Å². The normalized spacial score (nSPS) is 12.0. The van der Waals surface area contributed by atoms with Crippen LogP contribution in [0.4, 0.5) is 0 Å². The lowest BCUT2D eigenvalue weighted by Crippen LogP contribution is -2.31. The molecule has 0 fully saturated rings. The molecule has 1 atom stereocenters. The van der Waals surface area contributed by atoms with Gasteiger partial charge in [0, 0.05) is 6.54 Å². The molecule has 0 aliphatic rings. The highest BCUT2D eigenvalue weighted by atomic mass is 32.2. The highest BCUT2D eigenvalue weighted by molar-refractivity contribution is 8.00. The van der Waals surface area contributed by atoms with Gasteiger partial charge >= 0.3 is 11.9 Å². The van der Waals surface area contributed by atoms with E-state index in [2.05, 4.69) is 22.4 Å². The average molecular weight is 315 g/mol. The molecule has 118 valence electrons. The summed E-state index contributed by atoms with van der Waals surface area (Å²) in [4.78, 5) is 23.2. The predicted molar refractivity (Wildman–Crippen MR) is 78.1 cm³/mol. The van der Waals surface area contributed by atoms with Crippen LogP contribution in [0.2, 0.25) is 0 Å². The van der Waals surface area contributed by atoms with E-state index >= 15 is 0 Å². The van der Waals surface area contributed by atoms with Gasteiger partial charge in [0.05, 0.1) is 11.9 Å². The number of esters is 1. The zero-order valence-corrected chi connectivity index (χ0v) is 13.4. The predicted octanol–water partition coefficient (Wildman–Crippen LogP) is 2.03. The van der Waals surface area contributed by atoms with Crippen molar-refractivity contribution in [1.82, 2.24) is 15.5 Å². The van der Waals surface area contributed by atoms with Gasteiger partial charge in [-0.25, -0.2) is 4.79 Å². The Hall–Kier alpha value is -1.57. The van der Waals surface area contributed by atoms with Crippen LogP contribution in [-0.4, -0.2) is 40.5 Å². The van der Waals surface area contributed by atoms with Crippen molar-refractivity contribution in [1.29, 1.82) is 0 Å². The standard InChI is InChI=1S/C13H21N3O4S/c1-4-6-7-8-14-10(17)9(3)21-13-16-15-11(20-13)12(18)19-5-2/h9H,4-8H2,1-3H3,(H,14,17). The number of nitrogens with one attached hydrogen (secondary N) is 1. The molecule has 1 aromatic heterocycles. The van der Waals surface area contributed by atoms with Crippen LogP contribution in [0.25, 0.3) is 0 Å². The first-order valence-electron chi connectivity index (χ1n) is 7.03. The molecule has 1 heterocycles. The number of thioether (sulfide) groups is 1. The second-order valence-electron chi connectivity index (χ2n) is 4.35. The minimum Gasteiger partial charge on any atom is -0.459 e. The molecular formula is C13H21N3O4S. The van der Waals surface area contributed by atoms with E-state index in [1.54, 1.807) is 13.8 Å². The van der Waals surface area contributed by atoms with Crippen molar-refractivity contribution in [2.45, 2.75) is 50.5 Å². The van der Waals surface area contributed by atoms with Crippen molar-refractivity contribution in [2.24, 2.45) is 0 Å². The third-order valence-electron chi connectivity index (χ3n) is 2.58. The van der Waals surface area contributed by atoms with Crippen LogP contribution in [0.1, 0.15) is 50.7 Å². The lowest BCUT2D eigenvalue weighted by molar-refractivity contribution is -0.120. The highest BCUT2D eigenvalue weighted by Gasteiger charge is 2.20. The topological polar surface area (TPSA) is 94.3 Å². The first kappa shape index (κ1) is 17.5. The van der Waals surface area contributed by atoms with Gasteiger partial charge in [0.25, 0.3) is 5.22 Å². The number of carbonyl (C=O) groups is 2. The van der Waals surface area contributed by atoms with E-state index in [-0.39, 0.29) is 28.9 Å². The molecular weight excluding hydrogens is 294 g/mol. The van der Waals surface area contributed by atoms with Crippen LogP contribution in [0.5, 0.6) is 0 Å². The fourth-order valence-electron chi connectivity index (χ4n) is 1.47. The summed E-state index contributed by atoms with van der Waals surface area (Å²) in [7, 11) is 0. The Bertz CT molecular complexity index is 464. The van der Waals surface area contributed by atoms with Crippen molar-refractivity contribution in [3.8, 4) is 0 Å². The van der Waals surface area contributed by atoms with Gasteiger partial charge in [-0.3, -0.25) is 4.79 Å². The molecule has 0 aliphatic heterocycles. The van der Waals surface area contributed by atoms with Crippen LogP contribution in [0.3, 0.4) is 0 Å². The number of ether oxygens (including phenoxy) is 1. The maximum absolute atomic E-state index is 11.8. The molecule has 1 N–H and O–H groups in total. The third-order valence-corrected chi connectivity index (χ3v) is 3.52. The van der Waals surface area contributed by atoms with Crippen molar-refractivity contribution < 1.29 is 18.7 Å². The van der Waals surface area contributed by atoms with Gasteiger partial charge in [0.15, 0.2) is 0 Å². The minimum atomic E-state index is -0.659. The largest absolute Gasteiger partial charge is 0.459 e. The summed E-state index contributed by atoms with van der Waals surface area (Å²) in [6.45, 7) is 6.44. The van der Waals surface area contributed by atoms with Gasteiger partial charge in [0.1, 0.15) is 0 Å². The molecule has 8 heteroatoms. The monoisotopic (exact) mass is 315 g/mol. The fraction of sp³-hybridized carbons (Fsp3) is 0.692. The molecule has 0 aromatic carbocycles. The maximum atomic E-state index is 11.8. The zero-order valence-electron chi connectivity index (χ0n) is 12.5. The molecule has 0 radical (unpaired) electrons. The number of aromatic nitrogens is 2. The number of unbranched alkanes of at least 4 members (excludes halogenated alkanes) is 2. The number of carbonyl (C=O) groups excluding carboxylic acids is 2. The van der Waals surface area contributed by atoms with Gasteiger partial charge in [-0.2, -0.15) is 0 Å². The number of hydrogen-bond acceptors (Lipinski definition) is 7. The van der Waals surface area contributed by atoms with Crippen LogP contribution in [0.15, 0.2) is 9.64 Å². The Morgan fingerprint density at radius 2 is 2.10 bits per heavy atom. The highest BCUT2D eigenvalue weighted by Crippen LogP contribution is 2.22. The van der Waals surface area contributed by atoms with E-state index < -0.39 is 5.97 Å². The quantitative estimate of drug-likeness (QED) is 0.423. The van der Waals surface area contributed by atoms with Crippen LogP contribution >= 0.6 is 11.8 Å². The van der Waals surface area contributed by atoms with Gasteiger partial charge in [0.2, 0.25) is 5.91 Å². The molecule has 7 nitrogen and oxygen atoms in total. The summed E-state index contributed by atoms with van der Waals surface area (Å²) in [5.41, 5.74) is 0. The summed E-state index contributed by atoms with van der Waals surface area (Å²) in [5, 5.41) is 9.96. The maximum Gasteiger partial charge on any atom is 0.396 e. The van der Waals surface area contributed by atoms with Gasteiger partial charge in [-0.05, 0) is 20.3 Å². The first-order valence-corrected chi connectivity index (χ1v) is 7.91. The van der Waals surface area contributed by atoms with Gasteiger partial charge in [-0.15, -0.1) is 5.10 Å². The Morgan fingerprint density at radius 1 is 1.33 bits per heavy atom. The first-order chi connectivity index (χ1) is 10.1. The smallest absolute Gasteiger partial charge is 0.396 e. The SMILES string of the molecule is CCCCCNC(=O)C(C)Sc1nnc(C(=O)OCC)o1. The molecule has 1 amide bonds. The van der Waals surface area contributed by atoms with E-state index in [0.29, 0.717) is 6.54 Å². The van der Waals surface area contributed by atoms with Crippen LogP contribution in [0, 0.1) is 0 Å². The number of hydrogen-bond donors (Lipinski definition) is 1. The number of rotatable bonds is 9. The van der Waals surface area contributed by atoms with E-state index in [1.165, 1.54) is 0 Å². The molecule has 0 bridgehead atoms. The van der Waals surface area contributed by atoms with E-state index in [0.717, 1.165) is 31.0 Å². The summed E-state index contributed by atoms with van der Waals surface area (Å²) in [5.74, 6) is -0.949. The van der Waals surface area contributed by atoms with E-state index in [9.17, 15) is 9.59 Å². The Kier molecular flexibility index (Phi) is 7.81. The van der Waals surface area contributed by atoms with Crippen LogP contribution in [-0.2, 0) is 9.53 Å². The summed E-state index contributed by atoms with van der Waals surface area (Å²) >= 11 is 1.11. The van der Waals surface area contributed by atoms with Crippen molar-refractivity contribution in [3.05, 3.63) is 5.89 Å². The second-order valence-corrected chi connectivity index (χ2v) is 5.64. The Labute approximate surface area is 128 Å². The van der Waals surface area contributed by atoms with Gasteiger partial charge in [-0.1, -0.05) is 36.6 Å². The second kappa shape index (κ2) is 9.38. The molecule has 0 saturated carbocycles. The fourth-order valence-corrected chi connectivity index (χ4v) is 2.18. The molecule has 1 unspecified atom stereocenters. The lowest BCUT2D eigenvalue weighted by Gasteiger charge is -2.09. The molecule has 1 rings (SSSR count). The van der Waals surface area contributed by atoms with Crippen molar-refractivity contribution >= 4 is 23.6 Å². The van der Waals surface area contributed by atoms with E-state index in [1.807, 2.05) is 0 Å². The zero-order chi connectivity index (χ0) is 15.7. The summed E-state index contributed by atoms with van der Waals surface area (Å²) in [6, 6.07) is 0. The summed E-state index contributed by atoms with van der Waals surface area (Å²) < 4.78 is 9.89. The van der Waals surface area contributed by atoms with E-state index in [4.69, 9.17) is 9.15 Å². The Morgan fingerprint density at radius 3 is 2.76 bits per heavy atom. The third kappa shape index (κ3) is 6.16. The molecule has 1 aromatic rings. The number of amides is 1. The molecule has 0 spiro atoms. The minimum absolute atomic E-state index is 0.0908. The molecule has 0 aliphatic carbocycles. The van der Waals surface area contributed by atoms with Crippen molar-refractivity contribution in [3.63, 3.8) is 0 Å². The number of nitrogens with zero attached hydrogens (tertiary/aromatic N) is 2. The van der Waals surface area contributed by atoms with Crippen LogP contribution < -0.4 is 5.32 Å². The Balaban J connectivity index is 2.41. The average Bonchev–Trinajstić information content (AvgIpc) is 2.92.